The van der Waals surface area contributed by atoms with Gasteiger partial charge in [0, 0.05) is 13.1 Å². The summed E-state index contributed by atoms with van der Waals surface area (Å²) in [7, 11) is -0.561. The normalized spacial score (nSPS) is 24.3. The monoisotopic (exact) mass is 339 g/mol. The van der Waals surface area contributed by atoms with Gasteiger partial charge >= 0.3 is 7.12 Å². The third kappa shape index (κ3) is 3.33. The van der Waals surface area contributed by atoms with E-state index < -0.39 is 18.3 Å². The fourth-order valence-corrected chi connectivity index (χ4v) is 2.90. The minimum atomic E-state index is -0.561. The number of halogens is 1. The molecule has 0 aromatic carbocycles. The molecule has 2 fully saturated rings. The van der Waals surface area contributed by atoms with Crippen molar-refractivity contribution in [3.8, 4) is 0 Å². The number of anilines is 1. The largest absolute Gasteiger partial charge is 0.514 e. The van der Waals surface area contributed by atoms with Crippen molar-refractivity contribution in [1.82, 2.24) is 9.97 Å². The summed E-state index contributed by atoms with van der Waals surface area (Å²) in [5, 5.41) is 10.0. The number of hydrogen-bond donors (Lipinski definition) is 1. The summed E-state index contributed by atoms with van der Waals surface area (Å²) in [6.07, 6.45) is 1.18. The average molecular weight is 340 g/mol. The Kier molecular flexibility index (Phi) is 4.34. The lowest BCUT2D eigenvalue weighted by atomic mass is 9.84. The van der Waals surface area contributed by atoms with Crippen LogP contribution in [-0.2, 0) is 9.31 Å². The summed E-state index contributed by atoms with van der Waals surface area (Å²) in [5.41, 5.74) is -0.223. The Labute approximate surface area is 142 Å². The van der Waals surface area contributed by atoms with Gasteiger partial charge in [-0.15, -0.1) is 0 Å². The van der Waals surface area contributed by atoms with Crippen molar-refractivity contribution in [3.63, 3.8) is 0 Å². The molecular weight excluding hydrogens is 316 g/mol. The van der Waals surface area contributed by atoms with Crippen LogP contribution < -0.4 is 10.5 Å². The Morgan fingerprint density at radius 2 is 1.74 bits per heavy atom. The van der Waals surface area contributed by atoms with Crippen molar-refractivity contribution < 1.29 is 14.4 Å². The van der Waals surface area contributed by atoms with Crippen molar-refractivity contribution >= 4 is 30.3 Å². The summed E-state index contributed by atoms with van der Waals surface area (Å²) >= 11 is 6.18. The van der Waals surface area contributed by atoms with E-state index in [4.69, 9.17) is 20.9 Å². The number of aliphatic hydroxyl groups excluding tert-OH is 1. The van der Waals surface area contributed by atoms with Gasteiger partial charge in [-0.05, 0) is 46.6 Å². The first-order chi connectivity index (χ1) is 10.7. The maximum Gasteiger partial charge on any atom is 0.514 e. The topological polar surface area (TPSA) is 67.7 Å². The highest BCUT2D eigenvalue weighted by molar-refractivity contribution is 6.61. The Hall–Kier alpha value is -0.885. The molecule has 0 aliphatic carbocycles. The quantitative estimate of drug-likeness (QED) is 0.649. The highest BCUT2D eigenvalue weighted by atomic mass is 35.5. The molecule has 0 bridgehead atoms. The highest BCUT2D eigenvalue weighted by Crippen LogP contribution is 2.36. The van der Waals surface area contributed by atoms with Crippen molar-refractivity contribution in [2.45, 2.75) is 57.8 Å². The standard InChI is InChI=1S/C15H23BClN3O3/c1-14(2)15(3,4)23-16(22-14)11-9-12(17)19-13(18-11)20-7-5-10(21)6-8-20/h9-10,21H,5-8H2,1-4H3. The van der Waals surface area contributed by atoms with Crippen LogP contribution in [0.25, 0.3) is 0 Å². The predicted molar refractivity (Wildman–Crippen MR) is 90.2 cm³/mol. The molecule has 0 atom stereocenters. The van der Waals surface area contributed by atoms with E-state index >= 15 is 0 Å². The zero-order chi connectivity index (χ0) is 16.8. The lowest BCUT2D eigenvalue weighted by Gasteiger charge is -2.32. The summed E-state index contributed by atoms with van der Waals surface area (Å²) < 4.78 is 12.1. The Morgan fingerprint density at radius 1 is 1.17 bits per heavy atom. The molecule has 3 rings (SSSR count). The summed E-state index contributed by atoms with van der Waals surface area (Å²) in [6, 6.07) is 1.69. The molecule has 23 heavy (non-hydrogen) atoms. The molecule has 0 amide bonds. The molecular formula is C15H23BClN3O3. The van der Waals surface area contributed by atoms with Gasteiger partial charge < -0.3 is 19.3 Å². The Bertz CT molecular complexity index is 575. The molecule has 3 heterocycles. The summed E-state index contributed by atoms with van der Waals surface area (Å²) in [6.45, 7) is 9.44. The van der Waals surface area contributed by atoms with Crippen molar-refractivity contribution in [2.75, 3.05) is 18.0 Å². The van der Waals surface area contributed by atoms with Crippen LogP contribution in [0.2, 0.25) is 5.15 Å². The number of hydrogen-bond acceptors (Lipinski definition) is 6. The van der Waals surface area contributed by atoms with Gasteiger partial charge in [-0.25, -0.2) is 9.97 Å². The van der Waals surface area contributed by atoms with Crippen LogP contribution in [0.1, 0.15) is 40.5 Å². The molecule has 1 aromatic heterocycles. The second-order valence-electron chi connectivity index (χ2n) is 7.22. The molecule has 2 aliphatic heterocycles. The van der Waals surface area contributed by atoms with Gasteiger partial charge in [-0.1, -0.05) is 11.6 Å². The minimum Gasteiger partial charge on any atom is -0.398 e. The van der Waals surface area contributed by atoms with Crippen LogP contribution in [0.15, 0.2) is 6.07 Å². The van der Waals surface area contributed by atoms with Crippen LogP contribution in [0.4, 0.5) is 5.95 Å². The smallest absolute Gasteiger partial charge is 0.398 e. The number of rotatable bonds is 2. The van der Waals surface area contributed by atoms with Crippen LogP contribution in [-0.4, -0.2) is 52.6 Å². The Balaban J connectivity index is 1.84. The second kappa shape index (κ2) is 5.88. The molecule has 1 aromatic rings. The molecule has 126 valence electrons. The van der Waals surface area contributed by atoms with Crippen LogP contribution in [0.3, 0.4) is 0 Å². The van der Waals surface area contributed by atoms with E-state index in [1.54, 1.807) is 6.07 Å². The summed E-state index contributed by atoms with van der Waals surface area (Å²) in [4.78, 5) is 10.9. The van der Waals surface area contributed by atoms with Gasteiger partial charge in [-0.3, -0.25) is 0 Å². The second-order valence-corrected chi connectivity index (χ2v) is 7.61. The van der Waals surface area contributed by atoms with Crippen LogP contribution in [0.5, 0.6) is 0 Å². The van der Waals surface area contributed by atoms with Gasteiger partial charge in [0.25, 0.3) is 0 Å². The van der Waals surface area contributed by atoms with Gasteiger partial charge in [0.05, 0.1) is 22.9 Å². The minimum absolute atomic E-state index is 0.243. The first kappa shape index (κ1) is 17.0. The SMILES string of the molecule is CC1(C)OB(c2cc(Cl)nc(N3CCC(O)CC3)n2)OC1(C)C. The van der Waals surface area contributed by atoms with Crippen LogP contribution >= 0.6 is 11.6 Å². The predicted octanol–water partition coefficient (Wildman–Crippen LogP) is 1.39. The molecule has 0 unspecified atom stereocenters. The average Bonchev–Trinajstić information content (AvgIpc) is 2.67. The van der Waals surface area contributed by atoms with E-state index in [0.29, 0.717) is 42.6 Å². The number of aliphatic hydroxyl groups is 1. The van der Waals surface area contributed by atoms with E-state index in [1.807, 2.05) is 32.6 Å². The van der Waals surface area contributed by atoms with Crippen molar-refractivity contribution in [1.29, 1.82) is 0 Å². The molecule has 2 saturated heterocycles. The lowest BCUT2D eigenvalue weighted by Crippen LogP contribution is -2.41. The lowest BCUT2D eigenvalue weighted by molar-refractivity contribution is 0.00578. The summed E-state index contributed by atoms with van der Waals surface area (Å²) in [5.74, 6) is 0.564. The van der Waals surface area contributed by atoms with E-state index in [0.717, 1.165) is 0 Å². The third-order valence-electron chi connectivity index (χ3n) is 4.94. The van der Waals surface area contributed by atoms with Crippen LogP contribution in [0, 0.1) is 0 Å². The van der Waals surface area contributed by atoms with Crippen molar-refractivity contribution in [2.24, 2.45) is 0 Å². The molecule has 2 aliphatic rings. The van der Waals surface area contributed by atoms with Gasteiger partial charge in [-0.2, -0.15) is 0 Å². The first-order valence-electron chi connectivity index (χ1n) is 8.01. The number of aromatic nitrogens is 2. The third-order valence-corrected chi connectivity index (χ3v) is 5.14. The number of nitrogens with zero attached hydrogens (tertiary/aromatic N) is 3. The van der Waals surface area contributed by atoms with E-state index in [1.165, 1.54) is 0 Å². The zero-order valence-corrected chi connectivity index (χ0v) is 14.8. The molecule has 0 radical (unpaired) electrons. The van der Waals surface area contributed by atoms with Gasteiger partial charge in [0.15, 0.2) is 0 Å². The maximum atomic E-state index is 9.64. The number of piperidine rings is 1. The van der Waals surface area contributed by atoms with Gasteiger partial charge in [0.1, 0.15) is 5.15 Å². The van der Waals surface area contributed by atoms with E-state index in [-0.39, 0.29) is 6.10 Å². The maximum absolute atomic E-state index is 9.64. The van der Waals surface area contributed by atoms with E-state index in [9.17, 15) is 5.11 Å². The fourth-order valence-electron chi connectivity index (χ4n) is 2.71. The molecule has 1 N–H and O–H groups in total. The zero-order valence-electron chi connectivity index (χ0n) is 14.0. The molecule has 0 spiro atoms. The molecule has 8 heteroatoms. The molecule has 6 nitrogen and oxygen atoms in total. The highest BCUT2D eigenvalue weighted by Gasteiger charge is 2.52. The Morgan fingerprint density at radius 3 is 2.30 bits per heavy atom. The first-order valence-corrected chi connectivity index (χ1v) is 8.39. The fraction of sp³-hybridized carbons (Fsp3) is 0.733. The van der Waals surface area contributed by atoms with Gasteiger partial charge in [0.2, 0.25) is 5.95 Å². The van der Waals surface area contributed by atoms with E-state index in [2.05, 4.69) is 9.97 Å². The molecule has 0 saturated carbocycles. The van der Waals surface area contributed by atoms with Crippen molar-refractivity contribution in [3.05, 3.63) is 11.2 Å².